The van der Waals surface area contributed by atoms with Gasteiger partial charge < -0.3 is 9.84 Å². The third-order valence-electron chi connectivity index (χ3n) is 2.72. The van der Waals surface area contributed by atoms with E-state index in [4.69, 9.17) is 5.11 Å². The number of ether oxygens (including phenoxy) is 1. The quantitative estimate of drug-likeness (QED) is 0.726. The standard InChI is InChI=1S/C9H16N2O6S/c1-3-17-9(14)10-18(15,16)11-4-6(2)7(5-11)8(12)13/h6-7H,3-5H2,1-2H3,(H,10,14)(H,12,13)/t6-,7-/m1/s1. The summed E-state index contributed by atoms with van der Waals surface area (Å²) in [6.07, 6.45) is -1.07. The van der Waals surface area contributed by atoms with Gasteiger partial charge in [0.05, 0.1) is 12.5 Å². The average molecular weight is 280 g/mol. The van der Waals surface area contributed by atoms with Gasteiger partial charge >= 0.3 is 22.3 Å². The van der Waals surface area contributed by atoms with E-state index in [9.17, 15) is 18.0 Å². The van der Waals surface area contributed by atoms with Gasteiger partial charge in [0, 0.05) is 13.1 Å². The van der Waals surface area contributed by atoms with Crippen LogP contribution in [0.1, 0.15) is 13.8 Å². The van der Waals surface area contributed by atoms with E-state index in [2.05, 4.69) is 4.74 Å². The summed E-state index contributed by atoms with van der Waals surface area (Å²) in [7, 11) is -4.04. The van der Waals surface area contributed by atoms with Crippen molar-refractivity contribution in [3.63, 3.8) is 0 Å². The molecule has 1 aliphatic heterocycles. The molecule has 1 saturated heterocycles. The van der Waals surface area contributed by atoms with E-state index in [1.54, 1.807) is 18.6 Å². The maximum Gasteiger partial charge on any atom is 0.421 e. The zero-order chi connectivity index (χ0) is 13.9. The second kappa shape index (κ2) is 5.53. The largest absolute Gasteiger partial charge is 0.481 e. The number of nitrogens with zero attached hydrogens (tertiary/aromatic N) is 1. The number of carbonyl (C=O) groups excluding carboxylic acids is 1. The first-order valence-corrected chi connectivity index (χ1v) is 6.89. The van der Waals surface area contributed by atoms with E-state index in [0.717, 1.165) is 4.31 Å². The van der Waals surface area contributed by atoms with Crippen molar-refractivity contribution in [2.45, 2.75) is 13.8 Å². The molecule has 18 heavy (non-hydrogen) atoms. The summed E-state index contributed by atoms with van der Waals surface area (Å²) in [4.78, 5) is 21.9. The van der Waals surface area contributed by atoms with Gasteiger partial charge in [0.25, 0.3) is 0 Å². The first kappa shape index (κ1) is 14.7. The van der Waals surface area contributed by atoms with Crippen molar-refractivity contribution in [3.05, 3.63) is 0 Å². The molecule has 1 amide bonds. The molecule has 2 N–H and O–H groups in total. The predicted molar refractivity (Wildman–Crippen MR) is 60.9 cm³/mol. The van der Waals surface area contributed by atoms with Gasteiger partial charge in [-0.15, -0.1) is 0 Å². The van der Waals surface area contributed by atoms with E-state index >= 15 is 0 Å². The number of carboxylic acids is 1. The zero-order valence-electron chi connectivity index (χ0n) is 10.1. The third kappa shape index (κ3) is 3.33. The Bertz CT molecular complexity index is 434. The van der Waals surface area contributed by atoms with Crippen LogP contribution in [0.4, 0.5) is 4.79 Å². The van der Waals surface area contributed by atoms with Crippen molar-refractivity contribution < 1.29 is 27.9 Å². The summed E-state index contributed by atoms with van der Waals surface area (Å²) in [5.74, 6) is -2.11. The first-order chi connectivity index (χ1) is 8.27. The number of carbonyl (C=O) groups is 2. The summed E-state index contributed by atoms with van der Waals surface area (Å²) in [6.45, 7) is 3.16. The lowest BCUT2D eigenvalue weighted by molar-refractivity contribution is -0.142. The molecule has 1 rings (SSSR count). The molecule has 1 fully saturated rings. The Morgan fingerprint density at radius 3 is 2.50 bits per heavy atom. The highest BCUT2D eigenvalue weighted by Crippen LogP contribution is 2.24. The highest BCUT2D eigenvalue weighted by Gasteiger charge is 2.40. The van der Waals surface area contributed by atoms with Crippen LogP contribution in [-0.4, -0.2) is 49.6 Å². The molecule has 1 aliphatic rings. The van der Waals surface area contributed by atoms with E-state index in [1.807, 2.05) is 0 Å². The molecule has 0 bridgehead atoms. The van der Waals surface area contributed by atoms with Crippen molar-refractivity contribution in [1.82, 2.24) is 9.03 Å². The topological polar surface area (TPSA) is 113 Å². The van der Waals surface area contributed by atoms with Gasteiger partial charge in [-0.2, -0.15) is 12.7 Å². The third-order valence-corrected chi connectivity index (χ3v) is 4.13. The minimum absolute atomic E-state index is 0.0511. The number of amides is 1. The maximum atomic E-state index is 11.8. The summed E-state index contributed by atoms with van der Waals surface area (Å²) < 4.78 is 30.6. The van der Waals surface area contributed by atoms with E-state index < -0.39 is 28.2 Å². The lowest BCUT2D eigenvalue weighted by Crippen LogP contribution is -2.43. The molecule has 1 heterocycles. The second-order valence-electron chi connectivity index (χ2n) is 4.07. The Morgan fingerprint density at radius 2 is 2.06 bits per heavy atom. The first-order valence-electron chi connectivity index (χ1n) is 5.45. The normalized spacial score (nSPS) is 24.8. The number of nitrogens with one attached hydrogen (secondary N) is 1. The van der Waals surface area contributed by atoms with Crippen LogP contribution in [0.3, 0.4) is 0 Å². The Morgan fingerprint density at radius 1 is 1.44 bits per heavy atom. The molecule has 0 radical (unpaired) electrons. The molecular formula is C9H16N2O6S. The minimum atomic E-state index is -4.04. The zero-order valence-corrected chi connectivity index (χ0v) is 10.9. The molecule has 0 aromatic rings. The fourth-order valence-electron chi connectivity index (χ4n) is 1.77. The Labute approximate surface area is 105 Å². The minimum Gasteiger partial charge on any atom is -0.481 e. The molecule has 8 nitrogen and oxygen atoms in total. The Balaban J connectivity index is 2.71. The summed E-state index contributed by atoms with van der Waals surface area (Å²) in [5, 5.41) is 8.90. The smallest absolute Gasteiger partial charge is 0.421 e. The van der Waals surface area contributed by atoms with Crippen molar-refractivity contribution in [2.75, 3.05) is 19.7 Å². The lowest BCUT2D eigenvalue weighted by atomic mass is 9.99. The molecule has 0 spiro atoms. The van der Waals surface area contributed by atoms with E-state index in [0.29, 0.717) is 0 Å². The van der Waals surface area contributed by atoms with Crippen molar-refractivity contribution in [1.29, 1.82) is 0 Å². The highest BCUT2D eigenvalue weighted by molar-refractivity contribution is 7.87. The van der Waals surface area contributed by atoms with Crippen LogP contribution in [0.5, 0.6) is 0 Å². The summed E-state index contributed by atoms with van der Waals surface area (Å²) >= 11 is 0. The lowest BCUT2D eigenvalue weighted by Gasteiger charge is -2.15. The molecule has 0 aliphatic carbocycles. The van der Waals surface area contributed by atoms with Crippen LogP contribution >= 0.6 is 0 Å². The maximum absolute atomic E-state index is 11.8. The molecule has 0 saturated carbocycles. The molecule has 2 atom stereocenters. The van der Waals surface area contributed by atoms with Gasteiger partial charge in [-0.05, 0) is 12.8 Å². The van der Waals surface area contributed by atoms with Crippen LogP contribution in [0.25, 0.3) is 0 Å². The fraction of sp³-hybridized carbons (Fsp3) is 0.778. The van der Waals surface area contributed by atoms with Crippen LogP contribution in [0.15, 0.2) is 0 Å². The number of carboxylic acid groups (broad SMARTS) is 1. The van der Waals surface area contributed by atoms with Crippen molar-refractivity contribution in [3.8, 4) is 0 Å². The molecule has 104 valence electrons. The number of hydrogen-bond donors (Lipinski definition) is 2. The average Bonchev–Trinajstić information content (AvgIpc) is 2.60. The monoisotopic (exact) mass is 280 g/mol. The molecular weight excluding hydrogens is 264 g/mol. The predicted octanol–water partition coefficient (Wildman–Crippen LogP) is -0.370. The van der Waals surface area contributed by atoms with Crippen LogP contribution < -0.4 is 4.72 Å². The molecule has 9 heteroatoms. The van der Waals surface area contributed by atoms with Crippen molar-refractivity contribution >= 4 is 22.3 Å². The van der Waals surface area contributed by atoms with Crippen LogP contribution in [0, 0.1) is 11.8 Å². The summed E-state index contributed by atoms with van der Waals surface area (Å²) in [5.41, 5.74) is 0. The number of aliphatic carboxylic acids is 1. The van der Waals surface area contributed by atoms with Gasteiger partial charge in [-0.25, -0.2) is 9.52 Å². The summed E-state index contributed by atoms with van der Waals surface area (Å²) in [6, 6.07) is 0. The van der Waals surface area contributed by atoms with Gasteiger partial charge in [0.1, 0.15) is 0 Å². The van der Waals surface area contributed by atoms with Gasteiger partial charge in [0.15, 0.2) is 0 Å². The molecule has 0 unspecified atom stereocenters. The molecule has 0 aromatic carbocycles. The van der Waals surface area contributed by atoms with E-state index in [1.165, 1.54) is 0 Å². The SMILES string of the molecule is CCOC(=O)NS(=O)(=O)N1C[C@@H](C)[C@H](C(=O)O)C1. The number of rotatable bonds is 4. The van der Waals surface area contributed by atoms with Gasteiger partial charge in [-0.1, -0.05) is 6.92 Å². The Hall–Kier alpha value is -1.35. The highest BCUT2D eigenvalue weighted by atomic mass is 32.2. The van der Waals surface area contributed by atoms with Crippen molar-refractivity contribution in [2.24, 2.45) is 11.8 Å². The molecule has 0 aromatic heterocycles. The Kier molecular flexibility index (Phi) is 4.52. The fourth-order valence-corrected chi connectivity index (χ4v) is 2.96. The van der Waals surface area contributed by atoms with Gasteiger partial charge in [0.2, 0.25) is 0 Å². The van der Waals surface area contributed by atoms with Gasteiger partial charge in [-0.3, -0.25) is 4.79 Å². The van der Waals surface area contributed by atoms with Crippen LogP contribution in [-0.2, 0) is 19.7 Å². The number of hydrogen-bond acceptors (Lipinski definition) is 5. The second-order valence-corrected chi connectivity index (χ2v) is 5.74. The van der Waals surface area contributed by atoms with E-state index in [-0.39, 0.29) is 25.6 Å². The van der Waals surface area contributed by atoms with Crippen LogP contribution in [0.2, 0.25) is 0 Å².